The third-order valence-electron chi connectivity index (χ3n) is 5.32. The van der Waals surface area contributed by atoms with E-state index in [0.717, 1.165) is 29.8 Å². The molecule has 1 aromatic heterocycles. The van der Waals surface area contributed by atoms with Crippen LogP contribution < -0.4 is 0 Å². The van der Waals surface area contributed by atoms with Gasteiger partial charge in [-0.25, -0.2) is 0 Å². The van der Waals surface area contributed by atoms with Crippen molar-refractivity contribution in [3.8, 4) is 11.3 Å². The molecule has 0 atom stereocenters. The number of hydrogen-bond acceptors (Lipinski definition) is 2. The minimum absolute atomic E-state index is 0.239. The Kier molecular flexibility index (Phi) is 3.68. The molecule has 2 aliphatic rings. The Morgan fingerprint density at radius 3 is 2.74 bits per heavy atom. The molecular formula is C19H23N3O. The number of carbonyl (C=O) groups excluding carboxylic acids is 1. The monoisotopic (exact) mass is 309 g/mol. The lowest BCUT2D eigenvalue weighted by molar-refractivity contribution is -0.137. The van der Waals surface area contributed by atoms with Crippen molar-refractivity contribution in [1.82, 2.24) is 15.1 Å². The van der Waals surface area contributed by atoms with Crippen molar-refractivity contribution in [2.45, 2.75) is 52.1 Å². The second-order valence-corrected chi connectivity index (χ2v) is 6.87. The van der Waals surface area contributed by atoms with E-state index in [2.05, 4.69) is 29.3 Å². The summed E-state index contributed by atoms with van der Waals surface area (Å²) in [4.78, 5) is 14.8. The number of nitrogens with zero attached hydrogens (tertiary/aromatic N) is 2. The standard InChI is InChI=1S/C19H23N3O/c1-13-7-5-6-10-15(13)18-16-11-22(12-17(16)20-21-18)19(23)14-8-3-2-4-9-14/h5-7,10,14H,2-4,8-9,11-12H2,1H3,(H,20,21). The lowest BCUT2D eigenvalue weighted by Crippen LogP contribution is -2.33. The molecule has 0 radical (unpaired) electrons. The van der Waals surface area contributed by atoms with Gasteiger partial charge in [0.2, 0.25) is 5.91 Å². The first kappa shape index (κ1) is 14.5. The smallest absolute Gasteiger partial charge is 0.226 e. The summed E-state index contributed by atoms with van der Waals surface area (Å²) in [6, 6.07) is 8.31. The van der Waals surface area contributed by atoms with Crippen LogP contribution in [-0.4, -0.2) is 21.0 Å². The van der Waals surface area contributed by atoms with Gasteiger partial charge in [-0.15, -0.1) is 0 Å². The van der Waals surface area contributed by atoms with Gasteiger partial charge in [-0.2, -0.15) is 5.10 Å². The molecule has 0 saturated heterocycles. The third kappa shape index (κ3) is 2.56. The number of amides is 1. The zero-order valence-electron chi connectivity index (χ0n) is 13.6. The average Bonchev–Trinajstić information content (AvgIpc) is 3.16. The largest absolute Gasteiger partial charge is 0.332 e. The molecule has 1 aliphatic heterocycles. The van der Waals surface area contributed by atoms with Crippen molar-refractivity contribution in [1.29, 1.82) is 0 Å². The number of benzene rings is 1. The van der Waals surface area contributed by atoms with Crippen LogP contribution >= 0.6 is 0 Å². The fraction of sp³-hybridized carbons (Fsp3) is 0.474. The van der Waals surface area contributed by atoms with Crippen LogP contribution in [0.4, 0.5) is 0 Å². The Hall–Kier alpha value is -2.10. The van der Waals surface area contributed by atoms with Crippen LogP contribution in [0.25, 0.3) is 11.3 Å². The molecule has 4 nitrogen and oxygen atoms in total. The first-order valence-electron chi connectivity index (χ1n) is 8.65. The predicted molar refractivity (Wildman–Crippen MR) is 89.6 cm³/mol. The van der Waals surface area contributed by atoms with E-state index in [0.29, 0.717) is 19.0 Å². The van der Waals surface area contributed by atoms with Crippen LogP contribution in [0.5, 0.6) is 0 Å². The molecular weight excluding hydrogens is 286 g/mol. The minimum atomic E-state index is 0.239. The number of fused-ring (bicyclic) bond motifs is 1. The molecule has 0 bridgehead atoms. The van der Waals surface area contributed by atoms with E-state index in [1.54, 1.807) is 0 Å². The lowest BCUT2D eigenvalue weighted by atomic mass is 9.88. The summed E-state index contributed by atoms with van der Waals surface area (Å²) >= 11 is 0. The van der Waals surface area contributed by atoms with Crippen LogP contribution in [0, 0.1) is 12.8 Å². The molecule has 1 N–H and O–H groups in total. The highest BCUT2D eigenvalue weighted by molar-refractivity contribution is 5.80. The minimum Gasteiger partial charge on any atom is -0.332 e. The second kappa shape index (κ2) is 5.84. The van der Waals surface area contributed by atoms with Gasteiger partial charge in [-0.1, -0.05) is 43.5 Å². The topological polar surface area (TPSA) is 49.0 Å². The van der Waals surface area contributed by atoms with Gasteiger partial charge in [0, 0.05) is 17.0 Å². The molecule has 2 heterocycles. The van der Waals surface area contributed by atoms with Crippen LogP contribution in [-0.2, 0) is 17.9 Å². The summed E-state index contributed by atoms with van der Waals surface area (Å²) in [5.41, 5.74) is 5.70. The van der Waals surface area contributed by atoms with Crippen molar-refractivity contribution >= 4 is 5.91 Å². The van der Waals surface area contributed by atoms with Crippen molar-refractivity contribution < 1.29 is 4.79 Å². The number of carbonyl (C=O) groups is 1. The van der Waals surface area contributed by atoms with E-state index in [1.807, 2.05) is 17.0 Å². The highest BCUT2D eigenvalue weighted by atomic mass is 16.2. The van der Waals surface area contributed by atoms with Crippen molar-refractivity contribution in [3.63, 3.8) is 0 Å². The van der Waals surface area contributed by atoms with Crippen LogP contribution in [0.15, 0.2) is 24.3 Å². The molecule has 120 valence electrons. The fourth-order valence-electron chi connectivity index (χ4n) is 3.96. The van der Waals surface area contributed by atoms with Gasteiger partial charge in [0.25, 0.3) is 0 Å². The SMILES string of the molecule is Cc1ccccc1-c1n[nH]c2c1CN(C(=O)C1CCCCC1)C2. The molecule has 4 heteroatoms. The Morgan fingerprint density at radius 1 is 1.17 bits per heavy atom. The third-order valence-corrected chi connectivity index (χ3v) is 5.32. The Morgan fingerprint density at radius 2 is 1.96 bits per heavy atom. The first-order valence-corrected chi connectivity index (χ1v) is 8.65. The fourth-order valence-corrected chi connectivity index (χ4v) is 3.96. The van der Waals surface area contributed by atoms with Gasteiger partial charge >= 0.3 is 0 Å². The Labute approximate surface area is 136 Å². The summed E-state index contributed by atoms with van der Waals surface area (Å²) < 4.78 is 0. The van der Waals surface area contributed by atoms with E-state index in [9.17, 15) is 4.79 Å². The zero-order valence-corrected chi connectivity index (χ0v) is 13.6. The lowest BCUT2D eigenvalue weighted by Gasteiger charge is -2.26. The van der Waals surface area contributed by atoms with Gasteiger partial charge in [-0.3, -0.25) is 9.89 Å². The number of nitrogens with one attached hydrogen (secondary N) is 1. The summed E-state index contributed by atoms with van der Waals surface area (Å²) in [6.07, 6.45) is 5.81. The summed E-state index contributed by atoms with van der Waals surface area (Å²) in [7, 11) is 0. The molecule has 1 aromatic carbocycles. The van der Waals surface area contributed by atoms with Crippen LogP contribution in [0.1, 0.15) is 48.9 Å². The molecule has 0 spiro atoms. The number of aromatic nitrogens is 2. The van der Waals surface area contributed by atoms with Gasteiger partial charge in [-0.05, 0) is 25.3 Å². The molecule has 1 aliphatic carbocycles. The zero-order chi connectivity index (χ0) is 15.8. The number of aromatic amines is 1. The number of H-pyrrole nitrogens is 1. The molecule has 4 rings (SSSR count). The molecule has 23 heavy (non-hydrogen) atoms. The first-order chi connectivity index (χ1) is 11.2. The molecule has 1 saturated carbocycles. The number of aryl methyl sites for hydroxylation is 1. The van der Waals surface area contributed by atoms with Crippen molar-refractivity contribution in [2.24, 2.45) is 5.92 Å². The maximum atomic E-state index is 12.8. The summed E-state index contributed by atoms with van der Waals surface area (Å²) in [6.45, 7) is 3.49. The molecule has 0 unspecified atom stereocenters. The summed E-state index contributed by atoms with van der Waals surface area (Å²) in [5, 5.41) is 7.67. The van der Waals surface area contributed by atoms with E-state index >= 15 is 0 Å². The predicted octanol–water partition coefficient (Wildman–Crippen LogP) is 3.81. The quantitative estimate of drug-likeness (QED) is 0.917. The molecule has 2 aromatic rings. The van der Waals surface area contributed by atoms with E-state index in [1.165, 1.54) is 30.4 Å². The molecule has 1 fully saturated rings. The van der Waals surface area contributed by atoms with E-state index < -0.39 is 0 Å². The van der Waals surface area contributed by atoms with Gasteiger partial charge < -0.3 is 4.90 Å². The Balaban J connectivity index is 1.57. The van der Waals surface area contributed by atoms with Gasteiger partial charge in [0.15, 0.2) is 0 Å². The van der Waals surface area contributed by atoms with Crippen molar-refractivity contribution in [3.05, 3.63) is 41.1 Å². The van der Waals surface area contributed by atoms with Crippen molar-refractivity contribution in [2.75, 3.05) is 0 Å². The number of hydrogen-bond donors (Lipinski definition) is 1. The average molecular weight is 309 g/mol. The second-order valence-electron chi connectivity index (χ2n) is 6.87. The normalized spacial score (nSPS) is 18.2. The maximum Gasteiger partial charge on any atom is 0.226 e. The van der Waals surface area contributed by atoms with Gasteiger partial charge in [0.05, 0.1) is 24.5 Å². The van der Waals surface area contributed by atoms with E-state index in [4.69, 9.17) is 0 Å². The van der Waals surface area contributed by atoms with E-state index in [-0.39, 0.29) is 5.92 Å². The van der Waals surface area contributed by atoms with Gasteiger partial charge in [0.1, 0.15) is 0 Å². The van der Waals surface area contributed by atoms with Crippen LogP contribution in [0.3, 0.4) is 0 Å². The maximum absolute atomic E-state index is 12.8. The highest BCUT2D eigenvalue weighted by Gasteiger charge is 2.32. The highest BCUT2D eigenvalue weighted by Crippen LogP contribution is 2.34. The molecule has 1 amide bonds. The van der Waals surface area contributed by atoms with Crippen LogP contribution in [0.2, 0.25) is 0 Å². The number of rotatable bonds is 2. The Bertz CT molecular complexity index is 728. The summed E-state index contributed by atoms with van der Waals surface area (Å²) in [5.74, 6) is 0.577.